The molecule has 25 heavy (non-hydrogen) atoms. The Morgan fingerprint density at radius 2 is 1.96 bits per heavy atom. The number of halogens is 1. The second kappa shape index (κ2) is 7.31. The molecule has 7 nitrogen and oxygen atoms in total. The summed E-state index contributed by atoms with van der Waals surface area (Å²) in [6, 6.07) is 5.01. The molecule has 2 aliphatic rings. The first-order chi connectivity index (χ1) is 12.0. The molecule has 0 spiro atoms. The van der Waals surface area contributed by atoms with Crippen LogP contribution in [0.15, 0.2) is 18.2 Å². The smallest absolute Gasteiger partial charge is 0.228 e. The number of rotatable bonds is 5. The number of amides is 3. The van der Waals surface area contributed by atoms with Crippen molar-refractivity contribution in [2.24, 2.45) is 11.8 Å². The summed E-state index contributed by atoms with van der Waals surface area (Å²) >= 11 is 6.05. The first kappa shape index (κ1) is 17.5. The summed E-state index contributed by atoms with van der Waals surface area (Å²) in [5.74, 6) is -0.216. The van der Waals surface area contributed by atoms with E-state index in [4.69, 9.17) is 16.3 Å². The van der Waals surface area contributed by atoms with Crippen molar-refractivity contribution in [3.63, 3.8) is 0 Å². The molecule has 1 aliphatic carbocycles. The molecule has 2 fully saturated rings. The largest absolute Gasteiger partial charge is 0.495 e. The van der Waals surface area contributed by atoms with Gasteiger partial charge in [0.25, 0.3) is 0 Å². The van der Waals surface area contributed by atoms with Crippen molar-refractivity contribution in [3.8, 4) is 5.75 Å². The number of piperazine rings is 1. The van der Waals surface area contributed by atoms with Crippen LogP contribution in [0.5, 0.6) is 5.75 Å². The summed E-state index contributed by atoms with van der Waals surface area (Å²) in [6.45, 7) is 2.14. The molecular weight excluding hydrogens is 346 g/mol. The van der Waals surface area contributed by atoms with Gasteiger partial charge in [-0.3, -0.25) is 14.4 Å². The summed E-state index contributed by atoms with van der Waals surface area (Å²) in [4.78, 5) is 38.9. The van der Waals surface area contributed by atoms with Crippen LogP contribution in [0.3, 0.4) is 0 Å². The van der Waals surface area contributed by atoms with E-state index in [0.29, 0.717) is 49.1 Å². The fraction of sp³-hybridized carbons (Fsp3) is 0.471. The van der Waals surface area contributed by atoms with E-state index >= 15 is 0 Å². The molecule has 1 aliphatic heterocycles. The lowest BCUT2D eigenvalue weighted by Crippen LogP contribution is -2.48. The lowest BCUT2D eigenvalue weighted by molar-refractivity contribution is -0.137. The van der Waals surface area contributed by atoms with Gasteiger partial charge in [0.15, 0.2) is 0 Å². The predicted octanol–water partition coefficient (Wildman–Crippen LogP) is 1.22. The lowest BCUT2D eigenvalue weighted by Gasteiger charge is -2.32. The van der Waals surface area contributed by atoms with Crippen molar-refractivity contribution in [2.75, 3.05) is 38.6 Å². The standard InChI is InChI=1S/C17H20ClN3O4/c1-25-15-3-2-11(8-14(15)18)19-16(23)12-9-13(12)17(24)21-6-4-20(10-22)5-7-21/h2-3,8,10,12-13H,4-7,9H2,1H3,(H,19,23). The molecule has 1 aromatic rings. The van der Waals surface area contributed by atoms with Crippen molar-refractivity contribution < 1.29 is 19.1 Å². The van der Waals surface area contributed by atoms with Gasteiger partial charge in [-0.05, 0) is 24.6 Å². The first-order valence-electron chi connectivity index (χ1n) is 8.16. The van der Waals surface area contributed by atoms with Gasteiger partial charge in [0.2, 0.25) is 18.2 Å². The third-order valence-electron chi connectivity index (χ3n) is 4.64. The predicted molar refractivity (Wildman–Crippen MR) is 92.4 cm³/mol. The number of benzene rings is 1. The summed E-state index contributed by atoms with van der Waals surface area (Å²) in [6.07, 6.45) is 1.36. The van der Waals surface area contributed by atoms with E-state index in [1.54, 1.807) is 28.0 Å². The Labute approximate surface area is 150 Å². The molecule has 1 aromatic carbocycles. The number of ether oxygens (including phenoxy) is 1. The minimum Gasteiger partial charge on any atom is -0.495 e. The molecule has 1 N–H and O–H groups in total. The monoisotopic (exact) mass is 365 g/mol. The van der Waals surface area contributed by atoms with Gasteiger partial charge >= 0.3 is 0 Å². The zero-order chi connectivity index (χ0) is 18.0. The van der Waals surface area contributed by atoms with Gasteiger partial charge in [0, 0.05) is 31.9 Å². The number of anilines is 1. The van der Waals surface area contributed by atoms with E-state index < -0.39 is 0 Å². The number of hydrogen-bond acceptors (Lipinski definition) is 4. The fourth-order valence-electron chi connectivity index (χ4n) is 3.02. The molecule has 134 valence electrons. The van der Waals surface area contributed by atoms with E-state index in [1.807, 2.05) is 0 Å². The zero-order valence-electron chi connectivity index (χ0n) is 13.9. The summed E-state index contributed by atoms with van der Waals surface area (Å²) in [5.41, 5.74) is 0.577. The second-order valence-electron chi connectivity index (χ2n) is 6.25. The highest BCUT2D eigenvalue weighted by Gasteiger charge is 2.49. The van der Waals surface area contributed by atoms with Crippen LogP contribution in [0.25, 0.3) is 0 Å². The van der Waals surface area contributed by atoms with Crippen LogP contribution >= 0.6 is 11.6 Å². The minimum absolute atomic E-state index is 0.00142. The number of nitrogens with zero attached hydrogens (tertiary/aromatic N) is 2. The summed E-state index contributed by atoms with van der Waals surface area (Å²) < 4.78 is 5.08. The minimum atomic E-state index is -0.308. The molecular formula is C17H20ClN3O4. The first-order valence-corrected chi connectivity index (χ1v) is 8.54. The maximum absolute atomic E-state index is 12.5. The van der Waals surface area contributed by atoms with Crippen molar-refractivity contribution >= 4 is 35.5 Å². The third-order valence-corrected chi connectivity index (χ3v) is 4.93. The van der Waals surface area contributed by atoms with Crippen molar-refractivity contribution in [1.82, 2.24) is 9.80 Å². The number of carbonyl (C=O) groups excluding carboxylic acids is 3. The molecule has 0 aromatic heterocycles. The Bertz CT molecular complexity index is 688. The molecule has 1 saturated heterocycles. The van der Waals surface area contributed by atoms with Gasteiger partial charge in [-0.15, -0.1) is 0 Å². The fourth-order valence-corrected chi connectivity index (χ4v) is 3.28. The number of hydrogen-bond donors (Lipinski definition) is 1. The topological polar surface area (TPSA) is 79.0 Å². The third kappa shape index (κ3) is 3.87. The lowest BCUT2D eigenvalue weighted by atomic mass is 10.2. The van der Waals surface area contributed by atoms with Crippen LogP contribution in [-0.4, -0.2) is 61.3 Å². The molecule has 1 heterocycles. The van der Waals surface area contributed by atoms with Gasteiger partial charge in [-0.2, -0.15) is 0 Å². The Morgan fingerprint density at radius 3 is 2.56 bits per heavy atom. The highest BCUT2D eigenvalue weighted by molar-refractivity contribution is 6.32. The molecule has 1 saturated carbocycles. The van der Waals surface area contributed by atoms with E-state index in [1.165, 1.54) is 7.11 Å². The maximum Gasteiger partial charge on any atom is 0.228 e. The Morgan fingerprint density at radius 1 is 1.24 bits per heavy atom. The molecule has 0 bridgehead atoms. The van der Waals surface area contributed by atoms with Gasteiger partial charge in [-0.1, -0.05) is 11.6 Å². The van der Waals surface area contributed by atoms with E-state index in [9.17, 15) is 14.4 Å². The highest BCUT2D eigenvalue weighted by Crippen LogP contribution is 2.41. The van der Waals surface area contributed by atoms with Crippen LogP contribution in [-0.2, 0) is 14.4 Å². The quantitative estimate of drug-likeness (QED) is 0.796. The van der Waals surface area contributed by atoms with Crippen molar-refractivity contribution in [1.29, 1.82) is 0 Å². The van der Waals surface area contributed by atoms with Crippen LogP contribution < -0.4 is 10.1 Å². The van der Waals surface area contributed by atoms with Gasteiger partial charge in [0.1, 0.15) is 5.75 Å². The normalized spacial score (nSPS) is 22.3. The SMILES string of the molecule is COc1ccc(NC(=O)C2CC2C(=O)N2CCN(C=O)CC2)cc1Cl. The maximum atomic E-state index is 12.5. The average molecular weight is 366 g/mol. The van der Waals surface area contributed by atoms with Crippen LogP contribution in [0.2, 0.25) is 5.02 Å². The summed E-state index contributed by atoms with van der Waals surface area (Å²) in [5, 5.41) is 3.21. The van der Waals surface area contributed by atoms with E-state index in [-0.39, 0.29) is 23.7 Å². The van der Waals surface area contributed by atoms with Gasteiger partial charge in [-0.25, -0.2) is 0 Å². The van der Waals surface area contributed by atoms with Crippen LogP contribution in [0.1, 0.15) is 6.42 Å². The second-order valence-corrected chi connectivity index (χ2v) is 6.66. The Balaban J connectivity index is 1.52. The van der Waals surface area contributed by atoms with Crippen LogP contribution in [0, 0.1) is 11.8 Å². The molecule has 8 heteroatoms. The van der Waals surface area contributed by atoms with Crippen LogP contribution in [0.4, 0.5) is 5.69 Å². The summed E-state index contributed by atoms with van der Waals surface area (Å²) in [7, 11) is 1.52. The van der Waals surface area contributed by atoms with E-state index in [0.717, 1.165) is 6.41 Å². The molecule has 2 atom stereocenters. The number of carbonyl (C=O) groups is 3. The number of nitrogens with one attached hydrogen (secondary N) is 1. The average Bonchev–Trinajstić information content (AvgIpc) is 3.42. The molecule has 3 amide bonds. The molecule has 0 radical (unpaired) electrons. The molecule has 3 rings (SSSR count). The van der Waals surface area contributed by atoms with Crippen molar-refractivity contribution in [2.45, 2.75) is 6.42 Å². The highest BCUT2D eigenvalue weighted by atomic mass is 35.5. The Kier molecular flexibility index (Phi) is 5.13. The molecule has 2 unspecified atom stereocenters. The Hall–Kier alpha value is -2.28. The van der Waals surface area contributed by atoms with E-state index in [2.05, 4.69) is 5.32 Å². The van der Waals surface area contributed by atoms with Crippen molar-refractivity contribution in [3.05, 3.63) is 23.2 Å². The zero-order valence-corrected chi connectivity index (χ0v) is 14.7. The van der Waals surface area contributed by atoms with Gasteiger partial charge < -0.3 is 19.9 Å². The van der Waals surface area contributed by atoms with Gasteiger partial charge in [0.05, 0.1) is 24.0 Å². The number of methoxy groups -OCH3 is 1.